The Morgan fingerprint density at radius 3 is 2.73 bits per heavy atom. The van der Waals surface area contributed by atoms with Crippen molar-refractivity contribution in [1.29, 1.82) is 0 Å². The van der Waals surface area contributed by atoms with Gasteiger partial charge in [0, 0.05) is 6.04 Å². The molecule has 0 fully saturated rings. The molecule has 1 aromatic rings. The Morgan fingerprint density at radius 2 is 2.00 bits per heavy atom. The minimum absolute atomic E-state index is 0.123. The molecule has 2 rings (SSSR count). The molecule has 1 heterocycles. The summed E-state index contributed by atoms with van der Waals surface area (Å²) in [6.07, 6.45) is 0.123. The van der Waals surface area contributed by atoms with Crippen molar-refractivity contribution in [3.8, 4) is 5.75 Å². The van der Waals surface area contributed by atoms with E-state index in [-0.39, 0.29) is 31.5 Å². The Balaban J connectivity index is 1.90. The van der Waals surface area contributed by atoms with E-state index in [0.29, 0.717) is 11.4 Å². The zero-order valence-corrected chi connectivity index (χ0v) is 14.6. The van der Waals surface area contributed by atoms with Crippen molar-refractivity contribution >= 4 is 29.5 Å². The van der Waals surface area contributed by atoms with E-state index in [4.69, 9.17) is 9.47 Å². The number of fused-ring (bicyclic) bond motifs is 1. The van der Waals surface area contributed by atoms with Crippen LogP contribution < -0.4 is 20.3 Å². The fourth-order valence-corrected chi connectivity index (χ4v) is 2.27. The lowest BCUT2D eigenvalue weighted by Crippen LogP contribution is -2.44. The Bertz CT molecular complexity index is 703. The van der Waals surface area contributed by atoms with Gasteiger partial charge in [0.1, 0.15) is 12.3 Å². The molecule has 0 radical (unpaired) electrons. The molecule has 26 heavy (non-hydrogen) atoms. The zero-order chi connectivity index (χ0) is 19.1. The highest BCUT2D eigenvalue weighted by Crippen LogP contribution is 2.30. The van der Waals surface area contributed by atoms with E-state index < -0.39 is 24.5 Å². The predicted octanol–water partition coefficient (Wildman–Crippen LogP) is 0.579. The fraction of sp³-hybridized carbons (Fsp3) is 0.412. The SMILES string of the molecule is CC(C)NC(=O)NC(=O)COC(=O)CN1C(=O)CCOc2ccccc21. The van der Waals surface area contributed by atoms with Crippen LogP contribution in [0.5, 0.6) is 5.75 Å². The monoisotopic (exact) mass is 363 g/mol. The quantitative estimate of drug-likeness (QED) is 0.740. The van der Waals surface area contributed by atoms with Crippen LogP contribution in [0, 0.1) is 0 Å². The first-order chi connectivity index (χ1) is 12.4. The van der Waals surface area contributed by atoms with Crippen molar-refractivity contribution < 1.29 is 28.7 Å². The molecule has 9 nitrogen and oxygen atoms in total. The van der Waals surface area contributed by atoms with Crippen LogP contribution in [-0.2, 0) is 19.1 Å². The van der Waals surface area contributed by atoms with Crippen LogP contribution in [0.2, 0.25) is 0 Å². The van der Waals surface area contributed by atoms with Crippen LogP contribution in [0.4, 0.5) is 10.5 Å². The van der Waals surface area contributed by atoms with Gasteiger partial charge in [-0.25, -0.2) is 4.79 Å². The summed E-state index contributed by atoms with van der Waals surface area (Å²) in [5.41, 5.74) is 0.465. The fourth-order valence-electron chi connectivity index (χ4n) is 2.27. The third-order valence-electron chi connectivity index (χ3n) is 3.35. The van der Waals surface area contributed by atoms with Gasteiger partial charge >= 0.3 is 12.0 Å². The standard InChI is InChI=1S/C17H21N3O6/c1-11(2)18-17(24)19-14(21)10-26-16(23)9-20-12-5-3-4-6-13(12)25-8-7-15(20)22/h3-6,11H,7-10H2,1-2H3,(H2,18,19,21,24). The molecule has 2 N–H and O–H groups in total. The van der Waals surface area contributed by atoms with E-state index in [2.05, 4.69) is 5.32 Å². The van der Waals surface area contributed by atoms with Crippen molar-refractivity contribution in [2.75, 3.05) is 24.7 Å². The summed E-state index contributed by atoms with van der Waals surface area (Å²) in [5.74, 6) is -1.32. The molecule has 1 aliphatic heterocycles. The number of para-hydroxylation sites is 2. The molecular formula is C17H21N3O6. The van der Waals surface area contributed by atoms with Crippen LogP contribution in [0.1, 0.15) is 20.3 Å². The second kappa shape index (κ2) is 8.84. The highest BCUT2D eigenvalue weighted by atomic mass is 16.5. The predicted molar refractivity (Wildman–Crippen MR) is 91.7 cm³/mol. The van der Waals surface area contributed by atoms with Crippen LogP contribution in [-0.4, -0.2) is 49.6 Å². The number of benzene rings is 1. The summed E-state index contributed by atoms with van der Waals surface area (Å²) in [6, 6.07) is 6.04. The first kappa shape index (κ1) is 19.2. The van der Waals surface area contributed by atoms with E-state index in [1.54, 1.807) is 38.1 Å². The Hall–Kier alpha value is -3.10. The largest absolute Gasteiger partial charge is 0.491 e. The van der Waals surface area contributed by atoms with Gasteiger partial charge in [0.2, 0.25) is 5.91 Å². The minimum atomic E-state index is -0.769. The second-order valence-electron chi connectivity index (χ2n) is 5.88. The number of nitrogens with zero attached hydrogens (tertiary/aromatic N) is 1. The van der Waals surface area contributed by atoms with Crippen LogP contribution in [0.25, 0.3) is 0 Å². The maximum atomic E-state index is 12.2. The molecule has 0 aromatic heterocycles. The van der Waals surface area contributed by atoms with E-state index in [0.717, 1.165) is 0 Å². The number of anilines is 1. The van der Waals surface area contributed by atoms with E-state index in [1.165, 1.54) is 4.90 Å². The number of nitrogens with one attached hydrogen (secondary N) is 2. The molecule has 0 atom stereocenters. The molecule has 140 valence electrons. The number of imide groups is 1. The van der Waals surface area contributed by atoms with Crippen LogP contribution in [0.3, 0.4) is 0 Å². The number of hydrogen-bond donors (Lipinski definition) is 2. The third-order valence-corrected chi connectivity index (χ3v) is 3.35. The van der Waals surface area contributed by atoms with Crippen molar-refractivity contribution in [3.05, 3.63) is 24.3 Å². The molecule has 0 aliphatic carbocycles. The van der Waals surface area contributed by atoms with Crippen LogP contribution in [0.15, 0.2) is 24.3 Å². The van der Waals surface area contributed by atoms with Crippen molar-refractivity contribution in [3.63, 3.8) is 0 Å². The maximum absolute atomic E-state index is 12.2. The highest BCUT2D eigenvalue weighted by molar-refractivity contribution is 6.00. The molecule has 9 heteroatoms. The van der Waals surface area contributed by atoms with Gasteiger partial charge in [0.05, 0.1) is 18.7 Å². The molecule has 0 saturated carbocycles. The minimum Gasteiger partial charge on any atom is -0.491 e. The number of rotatable bonds is 5. The summed E-state index contributed by atoms with van der Waals surface area (Å²) in [4.78, 5) is 48.5. The van der Waals surface area contributed by atoms with Gasteiger partial charge in [-0.3, -0.25) is 24.6 Å². The average molecular weight is 363 g/mol. The topological polar surface area (TPSA) is 114 Å². The van der Waals surface area contributed by atoms with Crippen LogP contribution >= 0.6 is 0 Å². The normalized spacial score (nSPS) is 13.3. The molecule has 1 aromatic carbocycles. The number of carbonyl (C=O) groups excluding carboxylic acids is 4. The third kappa shape index (κ3) is 5.47. The Kier molecular flexibility index (Phi) is 6.54. The summed E-state index contributed by atoms with van der Waals surface area (Å²) < 4.78 is 10.3. The first-order valence-electron chi connectivity index (χ1n) is 8.15. The summed E-state index contributed by atoms with van der Waals surface area (Å²) in [6.45, 7) is 2.72. The van der Waals surface area contributed by atoms with Crippen molar-refractivity contribution in [2.45, 2.75) is 26.3 Å². The van der Waals surface area contributed by atoms with Crippen molar-refractivity contribution in [2.24, 2.45) is 0 Å². The smallest absolute Gasteiger partial charge is 0.326 e. The first-order valence-corrected chi connectivity index (χ1v) is 8.15. The number of amides is 4. The molecule has 0 spiro atoms. The van der Waals surface area contributed by atoms with E-state index in [1.807, 2.05) is 5.32 Å². The summed E-state index contributed by atoms with van der Waals surface area (Å²) in [5, 5.41) is 4.51. The molecule has 4 amide bonds. The van der Waals surface area contributed by atoms with Gasteiger partial charge in [-0.05, 0) is 26.0 Å². The maximum Gasteiger partial charge on any atom is 0.326 e. The molecule has 1 aliphatic rings. The second-order valence-corrected chi connectivity index (χ2v) is 5.88. The van der Waals surface area contributed by atoms with Gasteiger partial charge in [-0.1, -0.05) is 12.1 Å². The van der Waals surface area contributed by atoms with Gasteiger partial charge in [0.25, 0.3) is 5.91 Å². The number of urea groups is 1. The molecule has 0 saturated heterocycles. The zero-order valence-electron chi connectivity index (χ0n) is 14.6. The van der Waals surface area contributed by atoms with Crippen molar-refractivity contribution in [1.82, 2.24) is 10.6 Å². The lowest BCUT2D eigenvalue weighted by atomic mass is 10.2. The van der Waals surface area contributed by atoms with E-state index >= 15 is 0 Å². The van der Waals surface area contributed by atoms with Gasteiger partial charge < -0.3 is 14.8 Å². The number of ether oxygens (including phenoxy) is 2. The Labute approximate surface area is 150 Å². The Morgan fingerprint density at radius 1 is 1.27 bits per heavy atom. The summed E-state index contributed by atoms with van der Waals surface area (Å²) >= 11 is 0. The van der Waals surface area contributed by atoms with E-state index in [9.17, 15) is 19.2 Å². The van der Waals surface area contributed by atoms with Gasteiger partial charge in [-0.2, -0.15) is 0 Å². The lowest BCUT2D eigenvalue weighted by Gasteiger charge is -2.20. The molecule has 0 bridgehead atoms. The average Bonchev–Trinajstić information content (AvgIpc) is 2.72. The number of hydrogen-bond acceptors (Lipinski definition) is 6. The number of esters is 1. The molecular weight excluding hydrogens is 342 g/mol. The van der Waals surface area contributed by atoms with Gasteiger partial charge in [-0.15, -0.1) is 0 Å². The highest BCUT2D eigenvalue weighted by Gasteiger charge is 2.25. The molecule has 0 unspecified atom stereocenters. The summed E-state index contributed by atoms with van der Waals surface area (Å²) in [7, 11) is 0. The van der Waals surface area contributed by atoms with Gasteiger partial charge in [0.15, 0.2) is 6.61 Å². The lowest BCUT2D eigenvalue weighted by molar-refractivity contribution is -0.147. The number of carbonyl (C=O) groups is 4.